The van der Waals surface area contributed by atoms with Crippen molar-refractivity contribution in [3.05, 3.63) is 45.0 Å². The topological polar surface area (TPSA) is 88.8 Å². The highest BCUT2D eigenvalue weighted by molar-refractivity contribution is 6.31. The van der Waals surface area contributed by atoms with Crippen molar-refractivity contribution in [3.63, 3.8) is 0 Å². The first-order valence-corrected chi connectivity index (χ1v) is 6.27. The largest absolute Gasteiger partial charge is 0.477 e. The number of pyridine rings is 1. The summed E-state index contributed by atoms with van der Waals surface area (Å²) in [4.78, 5) is 23.1. The molecule has 6 nitrogen and oxygen atoms in total. The maximum Gasteiger partial charge on any atom is 0.341 e. The van der Waals surface area contributed by atoms with Gasteiger partial charge in [-0.25, -0.2) is 9.18 Å². The third kappa shape index (κ3) is 3.05. The lowest BCUT2D eigenvalue weighted by Gasteiger charge is -2.13. The maximum atomic E-state index is 13.5. The van der Waals surface area contributed by atoms with Gasteiger partial charge in [0.1, 0.15) is 18.1 Å². The number of fused-ring (bicyclic) bond motifs is 1. The van der Waals surface area contributed by atoms with Crippen molar-refractivity contribution >= 4 is 28.5 Å². The van der Waals surface area contributed by atoms with E-state index in [1.54, 1.807) is 0 Å². The van der Waals surface area contributed by atoms with Gasteiger partial charge in [0.05, 0.1) is 23.8 Å². The summed E-state index contributed by atoms with van der Waals surface area (Å²) in [5, 5.41) is 17.4. The molecule has 0 spiro atoms. The minimum Gasteiger partial charge on any atom is -0.477 e. The Balaban J connectivity index is 2.69. The molecule has 2 rings (SSSR count). The van der Waals surface area contributed by atoms with E-state index in [-0.39, 0.29) is 35.9 Å². The quantitative estimate of drug-likeness (QED) is 0.815. The number of carbonyl (C=O) groups is 1. The van der Waals surface area contributed by atoms with Crippen molar-refractivity contribution in [2.45, 2.75) is 6.73 Å². The number of halogens is 2. The van der Waals surface area contributed by atoms with E-state index in [0.29, 0.717) is 0 Å². The molecule has 1 aromatic heterocycles. The summed E-state index contributed by atoms with van der Waals surface area (Å²) in [5.41, 5.74) is -1.06. The Labute approximate surface area is 122 Å². The molecule has 8 heteroatoms. The fourth-order valence-electron chi connectivity index (χ4n) is 1.87. The molecule has 2 aromatic rings. The van der Waals surface area contributed by atoms with Gasteiger partial charge >= 0.3 is 5.97 Å². The lowest BCUT2D eigenvalue weighted by molar-refractivity contribution is 0.0496. The third-order valence-electron chi connectivity index (χ3n) is 2.82. The number of carboxylic acid groups (broad SMARTS) is 1. The number of rotatable bonds is 5. The molecule has 0 amide bonds. The Hall–Kier alpha value is -1.96. The SMILES string of the molecule is O=C(O)c1cn(COCCO)c2cc(Cl)c(F)cc2c1=O. The normalized spacial score (nSPS) is 11.0. The van der Waals surface area contributed by atoms with Gasteiger partial charge in [-0.15, -0.1) is 0 Å². The van der Waals surface area contributed by atoms with Crippen molar-refractivity contribution in [1.29, 1.82) is 0 Å². The highest BCUT2D eigenvalue weighted by atomic mass is 35.5. The highest BCUT2D eigenvalue weighted by Crippen LogP contribution is 2.21. The minimum absolute atomic E-state index is 0.0327. The monoisotopic (exact) mass is 315 g/mol. The molecular weight excluding hydrogens is 305 g/mol. The molecule has 0 aliphatic rings. The molecule has 0 saturated carbocycles. The van der Waals surface area contributed by atoms with Gasteiger partial charge in [-0.1, -0.05) is 11.6 Å². The average molecular weight is 316 g/mol. The van der Waals surface area contributed by atoms with Crippen LogP contribution in [0.5, 0.6) is 0 Å². The first-order valence-electron chi connectivity index (χ1n) is 5.89. The van der Waals surface area contributed by atoms with Crippen molar-refractivity contribution < 1.29 is 24.1 Å². The van der Waals surface area contributed by atoms with Crippen molar-refractivity contribution in [3.8, 4) is 0 Å². The van der Waals surface area contributed by atoms with Crippen LogP contribution in [0.25, 0.3) is 10.9 Å². The van der Waals surface area contributed by atoms with E-state index in [9.17, 15) is 14.0 Å². The van der Waals surface area contributed by atoms with Gasteiger partial charge in [0, 0.05) is 11.6 Å². The van der Waals surface area contributed by atoms with Crippen molar-refractivity contribution in [1.82, 2.24) is 4.57 Å². The van der Waals surface area contributed by atoms with E-state index in [4.69, 9.17) is 26.6 Å². The molecule has 0 aliphatic carbocycles. The van der Waals surface area contributed by atoms with E-state index < -0.39 is 22.8 Å². The number of hydrogen-bond acceptors (Lipinski definition) is 4. The molecule has 0 unspecified atom stereocenters. The van der Waals surface area contributed by atoms with Crippen LogP contribution in [-0.2, 0) is 11.5 Å². The Morgan fingerprint density at radius 2 is 2.14 bits per heavy atom. The summed E-state index contributed by atoms with van der Waals surface area (Å²) < 4.78 is 19.9. The summed E-state index contributed by atoms with van der Waals surface area (Å²) in [6, 6.07) is 2.12. The summed E-state index contributed by atoms with van der Waals surface area (Å²) in [6.07, 6.45) is 1.10. The zero-order valence-corrected chi connectivity index (χ0v) is 11.4. The van der Waals surface area contributed by atoms with Crippen LogP contribution in [0.1, 0.15) is 10.4 Å². The first kappa shape index (κ1) is 15.4. The lowest BCUT2D eigenvalue weighted by Crippen LogP contribution is -2.20. The van der Waals surface area contributed by atoms with Crippen LogP contribution in [0.3, 0.4) is 0 Å². The van der Waals surface area contributed by atoms with Gasteiger partial charge in [-0.3, -0.25) is 4.79 Å². The van der Waals surface area contributed by atoms with Crippen LogP contribution >= 0.6 is 11.6 Å². The van der Waals surface area contributed by atoms with E-state index >= 15 is 0 Å². The van der Waals surface area contributed by atoms with E-state index in [2.05, 4.69) is 0 Å². The number of aliphatic hydroxyl groups is 1. The predicted molar refractivity (Wildman–Crippen MR) is 73.2 cm³/mol. The number of carboxylic acids is 1. The van der Waals surface area contributed by atoms with Gasteiger partial charge in [0.15, 0.2) is 0 Å². The zero-order valence-electron chi connectivity index (χ0n) is 10.7. The van der Waals surface area contributed by atoms with Gasteiger partial charge in [0.2, 0.25) is 5.43 Å². The van der Waals surface area contributed by atoms with Gasteiger partial charge < -0.3 is 19.5 Å². The van der Waals surface area contributed by atoms with Crippen LogP contribution in [0, 0.1) is 5.82 Å². The number of aromatic nitrogens is 1. The van der Waals surface area contributed by atoms with E-state index in [1.165, 1.54) is 10.6 Å². The Bertz CT molecular complexity index is 758. The maximum absolute atomic E-state index is 13.5. The van der Waals surface area contributed by atoms with Crippen LogP contribution in [0.4, 0.5) is 4.39 Å². The molecule has 2 N–H and O–H groups in total. The number of nitrogens with zero attached hydrogens (tertiary/aromatic N) is 1. The number of aromatic carboxylic acids is 1. The molecular formula is C13H11ClFNO5. The van der Waals surface area contributed by atoms with Gasteiger partial charge in [-0.2, -0.15) is 0 Å². The number of benzene rings is 1. The van der Waals surface area contributed by atoms with Crippen molar-refractivity contribution in [2.24, 2.45) is 0 Å². The lowest BCUT2D eigenvalue weighted by atomic mass is 10.1. The highest BCUT2D eigenvalue weighted by Gasteiger charge is 2.16. The minimum atomic E-state index is -1.42. The molecule has 112 valence electrons. The second-order valence-electron chi connectivity index (χ2n) is 4.19. The molecule has 0 fully saturated rings. The third-order valence-corrected chi connectivity index (χ3v) is 3.11. The molecule has 0 radical (unpaired) electrons. The number of ether oxygens (including phenoxy) is 1. The van der Waals surface area contributed by atoms with Crippen LogP contribution in [0.15, 0.2) is 23.1 Å². The van der Waals surface area contributed by atoms with Crippen LogP contribution in [-0.4, -0.2) is 34.0 Å². The van der Waals surface area contributed by atoms with Crippen molar-refractivity contribution in [2.75, 3.05) is 13.2 Å². The smallest absolute Gasteiger partial charge is 0.341 e. The Morgan fingerprint density at radius 3 is 2.76 bits per heavy atom. The predicted octanol–water partition coefficient (Wildman–Crippen LogP) is 1.46. The molecule has 0 aliphatic heterocycles. The molecule has 0 saturated heterocycles. The Morgan fingerprint density at radius 1 is 1.43 bits per heavy atom. The first-order chi connectivity index (χ1) is 9.95. The number of hydrogen-bond donors (Lipinski definition) is 2. The number of aliphatic hydroxyl groups excluding tert-OH is 1. The fraction of sp³-hybridized carbons (Fsp3) is 0.231. The molecule has 0 atom stereocenters. The molecule has 0 bridgehead atoms. The summed E-state index contributed by atoms with van der Waals surface area (Å²) >= 11 is 5.69. The summed E-state index contributed by atoms with van der Waals surface area (Å²) in [7, 11) is 0. The van der Waals surface area contributed by atoms with Crippen LogP contribution in [0.2, 0.25) is 5.02 Å². The fourth-order valence-corrected chi connectivity index (χ4v) is 2.03. The van der Waals surface area contributed by atoms with E-state index in [0.717, 1.165) is 12.3 Å². The molecule has 1 aromatic carbocycles. The molecule has 1 heterocycles. The van der Waals surface area contributed by atoms with E-state index in [1.807, 2.05) is 0 Å². The standard InChI is InChI=1S/C13H11ClFNO5/c14-9-4-11-7(3-10(9)15)12(18)8(13(19)20)5-16(11)6-21-2-1-17/h3-5,17H,1-2,6H2,(H,19,20). The summed E-state index contributed by atoms with van der Waals surface area (Å²) in [5.74, 6) is -2.24. The Kier molecular flexibility index (Phi) is 4.56. The van der Waals surface area contributed by atoms with Gasteiger partial charge in [-0.05, 0) is 12.1 Å². The zero-order chi connectivity index (χ0) is 15.6. The second kappa shape index (κ2) is 6.21. The summed E-state index contributed by atoms with van der Waals surface area (Å²) in [6.45, 7) is -0.288. The molecule has 21 heavy (non-hydrogen) atoms. The van der Waals surface area contributed by atoms with Crippen LogP contribution < -0.4 is 5.43 Å². The van der Waals surface area contributed by atoms with Gasteiger partial charge in [0.25, 0.3) is 0 Å². The second-order valence-corrected chi connectivity index (χ2v) is 4.60. The average Bonchev–Trinajstić information content (AvgIpc) is 2.43.